The van der Waals surface area contributed by atoms with Crippen LogP contribution in [0.15, 0.2) is 6.20 Å². The lowest BCUT2D eigenvalue weighted by atomic mass is 9.79. The van der Waals surface area contributed by atoms with Crippen LogP contribution < -0.4 is 5.32 Å². The summed E-state index contributed by atoms with van der Waals surface area (Å²) < 4.78 is 3.64. The van der Waals surface area contributed by atoms with E-state index in [2.05, 4.69) is 30.1 Å². The molecule has 0 aromatic carbocycles. The number of carbonyl (C=O) groups excluding carboxylic acids is 1. The van der Waals surface area contributed by atoms with Crippen molar-refractivity contribution in [3.63, 3.8) is 0 Å². The van der Waals surface area contributed by atoms with Gasteiger partial charge in [-0.15, -0.1) is 10.2 Å². The fourth-order valence-electron chi connectivity index (χ4n) is 3.09. The Hall–Kier alpha value is -1.93. The van der Waals surface area contributed by atoms with Crippen molar-refractivity contribution < 1.29 is 4.79 Å². The zero-order chi connectivity index (χ0) is 18.1. The zero-order valence-corrected chi connectivity index (χ0v) is 15.8. The smallest absolute Gasteiger partial charge is 0.241 e. The van der Waals surface area contributed by atoms with E-state index in [1.54, 1.807) is 10.9 Å². The van der Waals surface area contributed by atoms with Crippen LogP contribution in [0.25, 0.3) is 0 Å². The first-order chi connectivity index (χ1) is 11.8. The van der Waals surface area contributed by atoms with Gasteiger partial charge in [0.15, 0.2) is 0 Å². The summed E-state index contributed by atoms with van der Waals surface area (Å²) in [5.74, 6) is 2.25. The van der Waals surface area contributed by atoms with Crippen LogP contribution in [0.4, 0.5) is 0 Å². The number of rotatable bonds is 6. The number of hydrogen-bond donors (Lipinski definition) is 1. The second kappa shape index (κ2) is 7.13. The summed E-state index contributed by atoms with van der Waals surface area (Å²) >= 11 is 5.96. The minimum Gasteiger partial charge on any atom is -0.352 e. The summed E-state index contributed by atoms with van der Waals surface area (Å²) in [5.41, 5.74) is 0.731. The highest BCUT2D eigenvalue weighted by atomic mass is 35.5. The zero-order valence-electron chi connectivity index (χ0n) is 15.0. The number of nitrogens with one attached hydrogen (secondary N) is 1. The Labute approximate surface area is 152 Å². The van der Waals surface area contributed by atoms with E-state index in [0.29, 0.717) is 10.9 Å². The molecule has 1 saturated carbocycles. The van der Waals surface area contributed by atoms with Gasteiger partial charge >= 0.3 is 0 Å². The number of aromatic nitrogens is 5. The van der Waals surface area contributed by atoms with Gasteiger partial charge in [-0.3, -0.25) is 9.48 Å². The van der Waals surface area contributed by atoms with Crippen molar-refractivity contribution in [1.29, 1.82) is 0 Å². The van der Waals surface area contributed by atoms with Gasteiger partial charge in [0, 0.05) is 25.2 Å². The molecule has 1 N–H and O–H groups in total. The first kappa shape index (κ1) is 17.9. The van der Waals surface area contributed by atoms with Crippen molar-refractivity contribution in [2.45, 2.75) is 44.8 Å². The molecule has 0 bridgehead atoms. The lowest BCUT2D eigenvalue weighted by molar-refractivity contribution is -0.123. The van der Waals surface area contributed by atoms with Crippen LogP contribution in [0.2, 0.25) is 5.02 Å². The molecule has 2 heterocycles. The Morgan fingerprint density at radius 2 is 2.12 bits per heavy atom. The molecular formula is C16H24ClN7O. The summed E-state index contributed by atoms with van der Waals surface area (Å²) in [7, 11) is 6.03. The molecule has 0 saturated heterocycles. The van der Waals surface area contributed by atoms with Crippen molar-refractivity contribution in [2.24, 2.45) is 7.05 Å². The van der Waals surface area contributed by atoms with Crippen LogP contribution in [0.1, 0.15) is 36.1 Å². The molecule has 3 rings (SSSR count). The van der Waals surface area contributed by atoms with E-state index in [1.807, 2.05) is 28.1 Å². The largest absolute Gasteiger partial charge is 0.352 e. The van der Waals surface area contributed by atoms with Crippen LogP contribution in [0, 0.1) is 6.92 Å². The van der Waals surface area contributed by atoms with Gasteiger partial charge in [0.05, 0.1) is 17.3 Å². The molecule has 0 aliphatic heterocycles. The average molecular weight is 366 g/mol. The van der Waals surface area contributed by atoms with Crippen LogP contribution in [-0.2, 0) is 24.9 Å². The predicted octanol–water partition coefficient (Wildman–Crippen LogP) is 1.10. The quantitative estimate of drug-likeness (QED) is 0.829. The van der Waals surface area contributed by atoms with E-state index in [9.17, 15) is 4.79 Å². The van der Waals surface area contributed by atoms with Crippen LogP contribution in [-0.4, -0.2) is 55.5 Å². The molecule has 0 unspecified atom stereocenters. The molecule has 0 radical (unpaired) electrons. The molecule has 25 heavy (non-hydrogen) atoms. The second-order valence-electron chi connectivity index (χ2n) is 6.96. The van der Waals surface area contributed by atoms with Crippen molar-refractivity contribution in [3.8, 4) is 0 Å². The Kier molecular flexibility index (Phi) is 5.10. The van der Waals surface area contributed by atoms with E-state index in [0.717, 1.165) is 36.7 Å². The topological polar surface area (TPSA) is 80.9 Å². The van der Waals surface area contributed by atoms with Crippen molar-refractivity contribution >= 4 is 17.5 Å². The minimum absolute atomic E-state index is 0.0473. The van der Waals surface area contributed by atoms with Crippen LogP contribution in [0.3, 0.4) is 0 Å². The number of aryl methyl sites for hydroxylation is 1. The summed E-state index contributed by atoms with van der Waals surface area (Å²) in [6, 6.07) is 0.179. The van der Waals surface area contributed by atoms with Gasteiger partial charge in [-0.25, -0.2) is 0 Å². The molecule has 0 spiro atoms. The molecule has 1 fully saturated rings. The van der Waals surface area contributed by atoms with Gasteiger partial charge in [0.2, 0.25) is 5.91 Å². The molecule has 8 nitrogen and oxygen atoms in total. The Balaban J connectivity index is 1.49. The second-order valence-corrected chi connectivity index (χ2v) is 7.37. The molecular weight excluding hydrogens is 342 g/mol. The third-order valence-corrected chi connectivity index (χ3v) is 4.89. The molecule has 1 aliphatic carbocycles. The van der Waals surface area contributed by atoms with Gasteiger partial charge in [-0.05, 0) is 33.9 Å². The number of hydrogen-bond acceptors (Lipinski definition) is 5. The maximum atomic E-state index is 12.1. The van der Waals surface area contributed by atoms with Crippen LogP contribution >= 0.6 is 11.6 Å². The summed E-state index contributed by atoms with van der Waals surface area (Å²) in [4.78, 5) is 14.2. The molecule has 0 atom stereocenters. The first-order valence-corrected chi connectivity index (χ1v) is 8.73. The third kappa shape index (κ3) is 4.01. The van der Waals surface area contributed by atoms with Gasteiger partial charge in [-0.2, -0.15) is 5.10 Å². The van der Waals surface area contributed by atoms with E-state index < -0.39 is 0 Å². The van der Waals surface area contributed by atoms with E-state index in [-0.39, 0.29) is 18.5 Å². The normalized spacial score (nSPS) is 19.9. The van der Waals surface area contributed by atoms with Gasteiger partial charge in [0.1, 0.15) is 18.2 Å². The highest BCUT2D eigenvalue weighted by Crippen LogP contribution is 2.35. The highest BCUT2D eigenvalue weighted by Gasteiger charge is 2.34. The molecule has 1 aliphatic rings. The monoisotopic (exact) mass is 365 g/mol. The van der Waals surface area contributed by atoms with Gasteiger partial charge in [-0.1, -0.05) is 11.6 Å². The van der Waals surface area contributed by atoms with Gasteiger partial charge < -0.3 is 14.8 Å². The van der Waals surface area contributed by atoms with Crippen molar-refractivity contribution in [1.82, 2.24) is 34.8 Å². The summed E-state index contributed by atoms with van der Waals surface area (Å²) in [5, 5.41) is 16.4. The molecule has 136 valence electrons. The maximum absolute atomic E-state index is 12.1. The number of amides is 1. The first-order valence-electron chi connectivity index (χ1n) is 8.35. The maximum Gasteiger partial charge on any atom is 0.241 e. The number of halogens is 1. The SMILES string of the molecule is Cc1nn(CC(=O)NC2CC(c3nnc(CN(C)C)n3C)C2)cc1Cl. The standard InChI is InChI=1S/C16H24ClN7O/c1-10-13(17)7-24(21-10)9-15(25)18-12-5-11(6-12)16-20-19-14(23(16)4)8-22(2)3/h7,11-12H,5-6,8-9H2,1-4H3,(H,18,25). The van der Waals surface area contributed by atoms with E-state index >= 15 is 0 Å². The number of carbonyl (C=O) groups is 1. The van der Waals surface area contributed by atoms with Gasteiger partial charge in [0.25, 0.3) is 0 Å². The Bertz CT molecular complexity index is 741. The summed E-state index contributed by atoms with van der Waals surface area (Å²) in [6.45, 7) is 2.77. The summed E-state index contributed by atoms with van der Waals surface area (Å²) in [6.07, 6.45) is 3.45. The van der Waals surface area contributed by atoms with E-state index in [1.165, 1.54) is 0 Å². The van der Waals surface area contributed by atoms with Crippen molar-refractivity contribution in [3.05, 3.63) is 28.6 Å². The minimum atomic E-state index is -0.0473. The highest BCUT2D eigenvalue weighted by molar-refractivity contribution is 6.31. The average Bonchev–Trinajstić information content (AvgIpc) is 2.97. The fraction of sp³-hybridized carbons (Fsp3) is 0.625. The fourth-order valence-corrected chi connectivity index (χ4v) is 3.24. The number of nitrogens with zero attached hydrogens (tertiary/aromatic N) is 6. The molecule has 9 heteroatoms. The molecule has 1 amide bonds. The molecule has 2 aromatic rings. The van der Waals surface area contributed by atoms with Crippen molar-refractivity contribution in [2.75, 3.05) is 14.1 Å². The predicted molar refractivity (Wildman–Crippen MR) is 94.3 cm³/mol. The molecule has 2 aromatic heterocycles. The Morgan fingerprint density at radius 3 is 2.72 bits per heavy atom. The lowest BCUT2D eigenvalue weighted by Crippen LogP contribution is -2.45. The lowest BCUT2D eigenvalue weighted by Gasteiger charge is -2.35. The van der Waals surface area contributed by atoms with Crippen LogP contribution in [0.5, 0.6) is 0 Å². The third-order valence-electron chi connectivity index (χ3n) is 4.52. The Morgan fingerprint density at radius 1 is 1.40 bits per heavy atom. The van der Waals surface area contributed by atoms with E-state index in [4.69, 9.17) is 11.6 Å².